The molecule has 0 spiro atoms. The normalized spacial score (nSPS) is 31.6. The summed E-state index contributed by atoms with van der Waals surface area (Å²) in [5.41, 5.74) is 0. The molecule has 0 saturated carbocycles. The summed E-state index contributed by atoms with van der Waals surface area (Å²) in [5, 5.41) is 10.4. The molecule has 2 aliphatic heterocycles. The number of nitrogens with zero attached hydrogens (tertiary/aromatic N) is 2. The highest BCUT2D eigenvalue weighted by atomic mass is 16.5. The van der Waals surface area contributed by atoms with Gasteiger partial charge < -0.3 is 14.7 Å². The highest BCUT2D eigenvalue weighted by Gasteiger charge is 2.30. The van der Waals surface area contributed by atoms with Gasteiger partial charge in [-0.05, 0) is 39.3 Å². The molecule has 0 aromatic rings. The van der Waals surface area contributed by atoms with E-state index in [1.54, 1.807) is 0 Å². The van der Waals surface area contributed by atoms with E-state index >= 15 is 0 Å². The summed E-state index contributed by atoms with van der Waals surface area (Å²) in [6.45, 7) is 4.90. The van der Waals surface area contributed by atoms with E-state index in [1.165, 1.54) is 0 Å². The standard InChI is InChI=1S/C13H26N2O2/c1-14-5-6-15(2)12(10-14)13(16)9-11-3-7-17-8-4-11/h11-13,16H,3-10H2,1-2H3. The summed E-state index contributed by atoms with van der Waals surface area (Å²) in [4.78, 5) is 4.63. The van der Waals surface area contributed by atoms with Gasteiger partial charge in [-0.25, -0.2) is 0 Å². The average molecular weight is 242 g/mol. The van der Waals surface area contributed by atoms with Gasteiger partial charge in [0.1, 0.15) is 0 Å². The van der Waals surface area contributed by atoms with Crippen LogP contribution in [0.5, 0.6) is 0 Å². The summed E-state index contributed by atoms with van der Waals surface area (Å²) in [7, 11) is 4.27. The lowest BCUT2D eigenvalue weighted by Gasteiger charge is -2.41. The Morgan fingerprint density at radius 2 is 1.94 bits per heavy atom. The summed E-state index contributed by atoms with van der Waals surface area (Å²) < 4.78 is 5.36. The molecule has 2 rings (SSSR count). The van der Waals surface area contributed by atoms with Crippen LogP contribution >= 0.6 is 0 Å². The van der Waals surface area contributed by atoms with Crippen molar-refractivity contribution >= 4 is 0 Å². The van der Waals surface area contributed by atoms with E-state index in [4.69, 9.17) is 4.74 Å². The number of aliphatic hydroxyl groups is 1. The second kappa shape index (κ2) is 6.14. The van der Waals surface area contributed by atoms with Crippen molar-refractivity contribution in [1.29, 1.82) is 0 Å². The van der Waals surface area contributed by atoms with Crippen molar-refractivity contribution in [3.63, 3.8) is 0 Å². The van der Waals surface area contributed by atoms with Crippen LogP contribution in [0.3, 0.4) is 0 Å². The second-order valence-electron chi connectivity index (χ2n) is 5.67. The van der Waals surface area contributed by atoms with Crippen LogP contribution in [-0.2, 0) is 4.74 Å². The van der Waals surface area contributed by atoms with Gasteiger partial charge in [-0.1, -0.05) is 0 Å². The maximum Gasteiger partial charge on any atom is 0.0710 e. The van der Waals surface area contributed by atoms with Crippen molar-refractivity contribution in [3.8, 4) is 0 Å². The highest BCUT2D eigenvalue weighted by molar-refractivity contribution is 4.85. The Bertz CT molecular complexity index is 231. The van der Waals surface area contributed by atoms with Crippen molar-refractivity contribution in [2.24, 2.45) is 5.92 Å². The predicted molar refractivity (Wildman–Crippen MR) is 68.1 cm³/mol. The lowest BCUT2D eigenvalue weighted by Crippen LogP contribution is -2.55. The summed E-state index contributed by atoms with van der Waals surface area (Å²) in [6.07, 6.45) is 2.98. The SMILES string of the molecule is CN1CCN(C)C(C(O)CC2CCOCC2)C1. The number of likely N-dealkylation sites (N-methyl/N-ethyl adjacent to an activating group) is 2. The predicted octanol–water partition coefficient (Wildman–Crippen LogP) is 0.410. The summed E-state index contributed by atoms with van der Waals surface area (Å²) >= 11 is 0. The minimum Gasteiger partial charge on any atom is -0.391 e. The zero-order chi connectivity index (χ0) is 12.3. The zero-order valence-corrected chi connectivity index (χ0v) is 11.1. The van der Waals surface area contributed by atoms with E-state index in [0.29, 0.717) is 12.0 Å². The fraction of sp³-hybridized carbons (Fsp3) is 1.00. The Morgan fingerprint density at radius 1 is 1.24 bits per heavy atom. The Balaban J connectivity index is 1.82. The first-order valence-electron chi connectivity index (χ1n) is 6.81. The molecule has 0 amide bonds. The maximum absolute atomic E-state index is 10.4. The molecule has 2 saturated heterocycles. The number of piperazine rings is 1. The van der Waals surface area contributed by atoms with E-state index in [1.807, 2.05) is 0 Å². The van der Waals surface area contributed by atoms with Crippen LogP contribution in [0.4, 0.5) is 0 Å². The van der Waals surface area contributed by atoms with Gasteiger partial charge in [0.25, 0.3) is 0 Å². The maximum atomic E-state index is 10.4. The third-order valence-electron chi connectivity index (χ3n) is 4.26. The molecular weight excluding hydrogens is 216 g/mol. The van der Waals surface area contributed by atoms with Gasteiger partial charge in [-0.3, -0.25) is 4.90 Å². The minimum atomic E-state index is -0.189. The van der Waals surface area contributed by atoms with Crippen molar-refractivity contribution in [1.82, 2.24) is 9.80 Å². The van der Waals surface area contributed by atoms with Crippen LogP contribution in [-0.4, -0.2) is 74.0 Å². The van der Waals surface area contributed by atoms with Crippen LogP contribution in [0.1, 0.15) is 19.3 Å². The van der Waals surface area contributed by atoms with Crippen LogP contribution in [0.25, 0.3) is 0 Å². The fourth-order valence-corrected chi connectivity index (χ4v) is 2.94. The molecular formula is C13H26N2O2. The van der Waals surface area contributed by atoms with Gasteiger partial charge in [-0.2, -0.15) is 0 Å². The number of hydrogen-bond acceptors (Lipinski definition) is 4. The van der Waals surface area contributed by atoms with Gasteiger partial charge in [0.15, 0.2) is 0 Å². The van der Waals surface area contributed by atoms with Gasteiger partial charge in [0, 0.05) is 38.9 Å². The molecule has 2 heterocycles. The van der Waals surface area contributed by atoms with Gasteiger partial charge in [0.05, 0.1) is 6.10 Å². The molecule has 2 atom stereocenters. The van der Waals surface area contributed by atoms with Gasteiger partial charge in [0.2, 0.25) is 0 Å². The van der Waals surface area contributed by atoms with Crippen molar-refractivity contribution in [2.75, 3.05) is 46.9 Å². The first kappa shape index (κ1) is 13.3. The molecule has 0 radical (unpaired) electrons. The van der Waals surface area contributed by atoms with E-state index < -0.39 is 0 Å². The molecule has 100 valence electrons. The molecule has 2 aliphatic rings. The number of hydrogen-bond donors (Lipinski definition) is 1. The molecule has 1 N–H and O–H groups in total. The van der Waals surface area contributed by atoms with Crippen LogP contribution in [0, 0.1) is 5.92 Å². The number of aliphatic hydroxyl groups excluding tert-OH is 1. The molecule has 4 heteroatoms. The van der Waals surface area contributed by atoms with Gasteiger partial charge in [-0.15, -0.1) is 0 Å². The van der Waals surface area contributed by atoms with E-state index in [9.17, 15) is 5.11 Å². The molecule has 17 heavy (non-hydrogen) atoms. The van der Waals surface area contributed by atoms with Crippen molar-refractivity contribution in [2.45, 2.75) is 31.4 Å². The average Bonchev–Trinajstić information content (AvgIpc) is 2.33. The Kier molecular flexibility index (Phi) is 4.79. The molecule has 2 fully saturated rings. The highest BCUT2D eigenvalue weighted by Crippen LogP contribution is 2.23. The van der Waals surface area contributed by atoms with E-state index in [0.717, 1.165) is 52.1 Å². The van der Waals surface area contributed by atoms with Crippen LogP contribution < -0.4 is 0 Å². The van der Waals surface area contributed by atoms with Crippen LogP contribution in [0.2, 0.25) is 0 Å². The molecule has 0 aliphatic carbocycles. The lowest BCUT2D eigenvalue weighted by molar-refractivity contribution is -0.0119. The lowest BCUT2D eigenvalue weighted by atomic mass is 9.90. The molecule has 0 bridgehead atoms. The first-order chi connectivity index (χ1) is 8.16. The molecule has 2 unspecified atom stereocenters. The van der Waals surface area contributed by atoms with Gasteiger partial charge >= 0.3 is 0 Å². The fourth-order valence-electron chi connectivity index (χ4n) is 2.94. The van der Waals surface area contributed by atoms with E-state index in [2.05, 4.69) is 23.9 Å². The Hall–Kier alpha value is -0.160. The Labute approximate surface area is 105 Å². The van der Waals surface area contributed by atoms with Crippen molar-refractivity contribution < 1.29 is 9.84 Å². The minimum absolute atomic E-state index is 0.189. The molecule has 4 nitrogen and oxygen atoms in total. The number of ether oxygens (including phenoxy) is 1. The van der Waals surface area contributed by atoms with E-state index in [-0.39, 0.29) is 6.10 Å². The zero-order valence-electron chi connectivity index (χ0n) is 11.1. The second-order valence-corrected chi connectivity index (χ2v) is 5.67. The van der Waals surface area contributed by atoms with Crippen LogP contribution in [0.15, 0.2) is 0 Å². The topological polar surface area (TPSA) is 35.9 Å². The summed E-state index contributed by atoms with van der Waals surface area (Å²) in [6, 6.07) is 0.302. The van der Waals surface area contributed by atoms with Crippen molar-refractivity contribution in [3.05, 3.63) is 0 Å². The largest absolute Gasteiger partial charge is 0.391 e. The summed E-state index contributed by atoms with van der Waals surface area (Å²) in [5.74, 6) is 0.652. The third kappa shape index (κ3) is 3.65. The first-order valence-corrected chi connectivity index (χ1v) is 6.81. The third-order valence-corrected chi connectivity index (χ3v) is 4.26. The monoisotopic (exact) mass is 242 g/mol. The smallest absolute Gasteiger partial charge is 0.0710 e. The number of rotatable bonds is 3. The molecule has 0 aromatic carbocycles. The molecule has 0 aromatic heterocycles. The quantitative estimate of drug-likeness (QED) is 0.777. The Morgan fingerprint density at radius 3 is 2.65 bits per heavy atom.